The highest BCUT2D eigenvalue weighted by molar-refractivity contribution is 4.92. The summed E-state index contributed by atoms with van der Waals surface area (Å²) in [5.41, 5.74) is 0. The van der Waals surface area contributed by atoms with Crippen molar-refractivity contribution in [2.45, 2.75) is 77.6 Å². The topological polar surface area (TPSA) is 9.23 Å². The smallest absolute Gasteiger partial charge is 0.0490 e. The first-order valence-corrected chi connectivity index (χ1v) is 9.49. The van der Waals surface area contributed by atoms with Gasteiger partial charge in [-0.25, -0.2) is 0 Å². The minimum Gasteiger partial charge on any atom is -0.384 e. The van der Waals surface area contributed by atoms with E-state index in [0.29, 0.717) is 0 Å². The number of unbranched alkanes of at least 4 members (excludes halogenated alkanes) is 2. The average molecular weight is 293 g/mol. The van der Waals surface area contributed by atoms with Crippen LogP contribution in [0.4, 0.5) is 0 Å². The summed E-state index contributed by atoms with van der Waals surface area (Å²) in [6, 6.07) is 0. The van der Waals surface area contributed by atoms with Gasteiger partial charge in [0.05, 0.1) is 0 Å². The number of methoxy groups -OCH3 is 1. The van der Waals surface area contributed by atoms with Gasteiger partial charge >= 0.3 is 0 Å². The average Bonchev–Trinajstić information content (AvgIpc) is 2.53. The normalized spacial score (nSPS) is 34.4. The molecule has 1 nitrogen and oxygen atoms in total. The van der Waals surface area contributed by atoms with Crippen molar-refractivity contribution in [3.63, 3.8) is 0 Å². The zero-order valence-electron chi connectivity index (χ0n) is 14.4. The molecule has 0 atom stereocenters. The molecule has 0 spiro atoms. The van der Waals surface area contributed by atoms with Crippen molar-refractivity contribution >= 4 is 0 Å². The van der Waals surface area contributed by atoms with E-state index in [1.165, 1.54) is 70.6 Å². The van der Waals surface area contributed by atoms with Crippen LogP contribution in [0, 0.1) is 23.7 Å². The Morgan fingerprint density at radius 2 is 1.52 bits per heavy atom. The van der Waals surface area contributed by atoms with Gasteiger partial charge in [-0.15, -0.1) is 0 Å². The molecule has 2 aliphatic rings. The molecule has 0 radical (unpaired) electrons. The molecule has 2 saturated carbocycles. The Kier molecular flexibility index (Phi) is 7.85. The minimum absolute atomic E-state index is 0.851. The minimum atomic E-state index is 0.851. The maximum Gasteiger partial charge on any atom is 0.0490 e. The molecule has 0 heterocycles. The number of allylic oxidation sites excluding steroid dienone is 2. The molecule has 21 heavy (non-hydrogen) atoms. The van der Waals surface area contributed by atoms with Crippen LogP contribution in [0.5, 0.6) is 0 Å². The second-order valence-corrected chi connectivity index (χ2v) is 7.48. The van der Waals surface area contributed by atoms with Crippen molar-refractivity contribution < 1.29 is 4.74 Å². The van der Waals surface area contributed by atoms with Crippen LogP contribution >= 0.6 is 0 Å². The van der Waals surface area contributed by atoms with Gasteiger partial charge in [0.15, 0.2) is 0 Å². The third-order valence-corrected chi connectivity index (χ3v) is 5.91. The molecule has 0 aliphatic heterocycles. The molecule has 0 unspecified atom stereocenters. The molecule has 2 fully saturated rings. The molecule has 0 saturated heterocycles. The summed E-state index contributed by atoms with van der Waals surface area (Å²) in [5, 5.41) is 0. The maximum atomic E-state index is 5.32. The molecule has 0 aromatic carbocycles. The molecule has 2 rings (SSSR count). The number of hydrogen-bond donors (Lipinski definition) is 0. The lowest BCUT2D eigenvalue weighted by Crippen LogP contribution is -2.26. The van der Waals surface area contributed by atoms with Gasteiger partial charge in [0.1, 0.15) is 0 Å². The SMILES string of the molecule is CCCC/C=C/C1CCC(C2CCC(COC)CC2)CC1. The number of hydrogen-bond acceptors (Lipinski definition) is 1. The van der Waals surface area contributed by atoms with Gasteiger partial charge in [-0.3, -0.25) is 0 Å². The molecule has 0 aromatic heterocycles. The van der Waals surface area contributed by atoms with Crippen LogP contribution in [0.2, 0.25) is 0 Å². The second-order valence-electron chi connectivity index (χ2n) is 7.48. The lowest BCUT2D eigenvalue weighted by Gasteiger charge is -2.37. The predicted octanol–water partition coefficient (Wildman–Crippen LogP) is 5.99. The molecule has 0 amide bonds. The Labute approximate surface area is 132 Å². The van der Waals surface area contributed by atoms with E-state index in [-0.39, 0.29) is 0 Å². The summed E-state index contributed by atoms with van der Waals surface area (Å²) in [7, 11) is 1.85. The van der Waals surface area contributed by atoms with Crippen LogP contribution in [0.3, 0.4) is 0 Å². The Bertz CT molecular complexity index is 280. The van der Waals surface area contributed by atoms with Crippen molar-refractivity contribution in [1.29, 1.82) is 0 Å². The Morgan fingerprint density at radius 3 is 2.10 bits per heavy atom. The van der Waals surface area contributed by atoms with Crippen LogP contribution in [0.1, 0.15) is 77.6 Å². The Hall–Kier alpha value is -0.300. The highest BCUT2D eigenvalue weighted by atomic mass is 16.5. The number of ether oxygens (including phenoxy) is 1. The van der Waals surface area contributed by atoms with E-state index in [1.807, 2.05) is 7.11 Å². The highest BCUT2D eigenvalue weighted by Crippen LogP contribution is 2.41. The van der Waals surface area contributed by atoms with Crippen molar-refractivity contribution in [2.75, 3.05) is 13.7 Å². The van der Waals surface area contributed by atoms with E-state index in [1.54, 1.807) is 0 Å². The fourth-order valence-electron chi connectivity index (χ4n) is 4.48. The zero-order valence-corrected chi connectivity index (χ0v) is 14.4. The zero-order chi connectivity index (χ0) is 14.9. The molecule has 0 aromatic rings. The lowest BCUT2D eigenvalue weighted by molar-refractivity contribution is 0.0957. The lowest BCUT2D eigenvalue weighted by atomic mass is 9.69. The summed E-state index contributed by atoms with van der Waals surface area (Å²) in [4.78, 5) is 0. The quantitative estimate of drug-likeness (QED) is 0.413. The monoisotopic (exact) mass is 292 g/mol. The predicted molar refractivity (Wildman–Crippen MR) is 91.4 cm³/mol. The van der Waals surface area contributed by atoms with Crippen molar-refractivity contribution in [3.8, 4) is 0 Å². The highest BCUT2D eigenvalue weighted by Gasteiger charge is 2.30. The van der Waals surface area contributed by atoms with E-state index in [2.05, 4.69) is 19.1 Å². The van der Waals surface area contributed by atoms with Crippen LogP contribution in [-0.4, -0.2) is 13.7 Å². The standard InChI is InChI=1S/C20H36O/c1-3-4-5-6-7-17-8-12-19(13-9-17)20-14-10-18(11-15-20)16-21-2/h6-7,17-20H,3-5,8-16H2,1-2H3/b7-6+. The summed E-state index contributed by atoms with van der Waals surface area (Å²) in [6.07, 6.45) is 20.6. The maximum absolute atomic E-state index is 5.32. The third-order valence-electron chi connectivity index (χ3n) is 5.91. The Morgan fingerprint density at radius 1 is 0.905 bits per heavy atom. The fourth-order valence-corrected chi connectivity index (χ4v) is 4.48. The molecule has 0 N–H and O–H groups in total. The van der Waals surface area contributed by atoms with Crippen molar-refractivity contribution in [2.24, 2.45) is 23.7 Å². The summed E-state index contributed by atoms with van der Waals surface area (Å²) in [5.74, 6) is 3.81. The van der Waals surface area contributed by atoms with E-state index in [4.69, 9.17) is 4.74 Å². The number of rotatable bonds is 7. The van der Waals surface area contributed by atoms with E-state index >= 15 is 0 Å². The van der Waals surface area contributed by atoms with Gasteiger partial charge in [-0.05, 0) is 81.5 Å². The van der Waals surface area contributed by atoms with Gasteiger partial charge in [-0.2, -0.15) is 0 Å². The van der Waals surface area contributed by atoms with Gasteiger partial charge in [-0.1, -0.05) is 31.9 Å². The fraction of sp³-hybridized carbons (Fsp3) is 0.900. The van der Waals surface area contributed by atoms with Gasteiger partial charge in [0.25, 0.3) is 0 Å². The van der Waals surface area contributed by atoms with E-state index in [9.17, 15) is 0 Å². The molecule has 122 valence electrons. The molecule has 2 aliphatic carbocycles. The van der Waals surface area contributed by atoms with Crippen molar-refractivity contribution in [1.82, 2.24) is 0 Å². The van der Waals surface area contributed by atoms with Gasteiger partial charge in [0, 0.05) is 13.7 Å². The summed E-state index contributed by atoms with van der Waals surface area (Å²) >= 11 is 0. The summed E-state index contributed by atoms with van der Waals surface area (Å²) in [6.45, 7) is 3.27. The van der Waals surface area contributed by atoms with Crippen molar-refractivity contribution in [3.05, 3.63) is 12.2 Å². The van der Waals surface area contributed by atoms with E-state index < -0.39 is 0 Å². The first kappa shape index (κ1) is 17.1. The first-order chi connectivity index (χ1) is 10.3. The van der Waals surface area contributed by atoms with Crippen LogP contribution in [-0.2, 0) is 4.74 Å². The third kappa shape index (κ3) is 5.77. The first-order valence-electron chi connectivity index (χ1n) is 9.49. The van der Waals surface area contributed by atoms with Crippen LogP contribution < -0.4 is 0 Å². The largest absolute Gasteiger partial charge is 0.384 e. The molecular formula is C20H36O. The van der Waals surface area contributed by atoms with Gasteiger partial charge < -0.3 is 4.74 Å². The van der Waals surface area contributed by atoms with E-state index in [0.717, 1.165) is 30.3 Å². The molecule has 1 heteroatoms. The summed E-state index contributed by atoms with van der Waals surface area (Å²) < 4.78 is 5.32. The molecule has 0 bridgehead atoms. The molecular weight excluding hydrogens is 256 g/mol. The second kappa shape index (κ2) is 9.66. The van der Waals surface area contributed by atoms with Gasteiger partial charge in [0.2, 0.25) is 0 Å². The van der Waals surface area contributed by atoms with Crippen LogP contribution in [0.25, 0.3) is 0 Å². The Balaban J connectivity index is 1.64. The van der Waals surface area contributed by atoms with Crippen LogP contribution in [0.15, 0.2) is 12.2 Å².